The molecule has 3 aromatic rings. The lowest BCUT2D eigenvalue weighted by Crippen LogP contribution is -1.86. The zero-order chi connectivity index (χ0) is 15.0. The van der Waals surface area contributed by atoms with Crippen LogP contribution in [0.4, 0.5) is 0 Å². The van der Waals surface area contributed by atoms with Gasteiger partial charge >= 0.3 is 0 Å². The molecule has 104 valence electrons. The van der Waals surface area contributed by atoms with Crippen molar-refractivity contribution in [3.8, 4) is 34.0 Å². The molecule has 0 aliphatic carbocycles. The van der Waals surface area contributed by atoms with Crippen LogP contribution in [0.15, 0.2) is 28.8 Å². The first-order valence-corrected chi connectivity index (χ1v) is 7.04. The van der Waals surface area contributed by atoms with E-state index in [0.717, 1.165) is 21.6 Å². The summed E-state index contributed by atoms with van der Waals surface area (Å²) in [4.78, 5) is 5.71. The maximum Gasteiger partial charge on any atom is 0.268 e. The predicted octanol–water partition coefficient (Wildman–Crippen LogP) is 3.66. The molecule has 21 heavy (non-hydrogen) atoms. The molecule has 0 saturated carbocycles. The number of thiophene rings is 1. The van der Waals surface area contributed by atoms with E-state index in [1.54, 1.807) is 12.1 Å². The first-order chi connectivity index (χ1) is 10.1. The molecule has 0 bridgehead atoms. The molecular formula is C15H11N3O2S. The lowest BCUT2D eigenvalue weighted by atomic mass is 10.1. The lowest BCUT2D eigenvalue weighted by Gasteiger charge is -2.04. The van der Waals surface area contributed by atoms with E-state index < -0.39 is 0 Å². The molecule has 0 spiro atoms. The zero-order valence-electron chi connectivity index (χ0n) is 11.4. The number of nitriles is 1. The lowest BCUT2D eigenvalue weighted by molar-refractivity contribution is 0.433. The highest BCUT2D eigenvalue weighted by Gasteiger charge is 2.14. The van der Waals surface area contributed by atoms with Gasteiger partial charge in [0.25, 0.3) is 5.89 Å². The third-order valence-corrected chi connectivity index (χ3v) is 4.08. The highest BCUT2D eigenvalue weighted by Crippen LogP contribution is 2.31. The Morgan fingerprint density at radius 1 is 1.24 bits per heavy atom. The number of hydrogen-bond donors (Lipinski definition) is 1. The van der Waals surface area contributed by atoms with E-state index in [0.29, 0.717) is 16.6 Å². The van der Waals surface area contributed by atoms with Gasteiger partial charge in [-0.1, -0.05) is 5.16 Å². The number of aryl methyl sites for hydroxylation is 2. The van der Waals surface area contributed by atoms with Gasteiger partial charge in [0.15, 0.2) is 0 Å². The van der Waals surface area contributed by atoms with Crippen LogP contribution in [0.25, 0.3) is 22.2 Å². The van der Waals surface area contributed by atoms with Crippen molar-refractivity contribution in [1.29, 1.82) is 5.26 Å². The second kappa shape index (κ2) is 5.04. The summed E-state index contributed by atoms with van der Waals surface area (Å²) in [6, 6.07) is 9.21. The minimum atomic E-state index is 0.277. The molecule has 3 rings (SSSR count). The van der Waals surface area contributed by atoms with Crippen molar-refractivity contribution in [2.45, 2.75) is 13.8 Å². The van der Waals surface area contributed by atoms with Crippen molar-refractivity contribution in [2.24, 2.45) is 0 Å². The maximum absolute atomic E-state index is 9.80. The Morgan fingerprint density at radius 3 is 2.57 bits per heavy atom. The average molecular weight is 297 g/mol. The fourth-order valence-corrected chi connectivity index (χ4v) is 2.76. The van der Waals surface area contributed by atoms with Crippen molar-refractivity contribution >= 4 is 11.3 Å². The number of phenolic OH excluding ortho intramolecular Hbond substituents is 1. The highest BCUT2D eigenvalue weighted by atomic mass is 32.1. The quantitative estimate of drug-likeness (QED) is 0.780. The Balaban J connectivity index is 2.00. The molecule has 6 heteroatoms. The molecule has 0 aliphatic rings. The minimum absolute atomic E-state index is 0.277. The van der Waals surface area contributed by atoms with Gasteiger partial charge in [0.1, 0.15) is 16.7 Å². The van der Waals surface area contributed by atoms with Gasteiger partial charge in [0.2, 0.25) is 5.82 Å². The smallest absolute Gasteiger partial charge is 0.268 e. The van der Waals surface area contributed by atoms with Crippen LogP contribution in [-0.2, 0) is 0 Å². The van der Waals surface area contributed by atoms with E-state index in [-0.39, 0.29) is 5.75 Å². The second-order valence-electron chi connectivity index (χ2n) is 4.66. The molecule has 2 aromatic heterocycles. The fraction of sp³-hybridized carbons (Fsp3) is 0.133. The van der Waals surface area contributed by atoms with E-state index in [4.69, 9.17) is 9.78 Å². The second-order valence-corrected chi connectivity index (χ2v) is 5.74. The van der Waals surface area contributed by atoms with Gasteiger partial charge in [-0.05, 0) is 49.2 Å². The molecule has 0 amide bonds. The Labute approximate surface area is 125 Å². The summed E-state index contributed by atoms with van der Waals surface area (Å²) in [5.74, 6) is 1.13. The summed E-state index contributed by atoms with van der Waals surface area (Å²) in [5.41, 5.74) is 2.31. The van der Waals surface area contributed by atoms with Crippen molar-refractivity contribution in [3.05, 3.63) is 40.3 Å². The first kappa shape index (κ1) is 13.3. The number of hydrogen-bond acceptors (Lipinski definition) is 6. The molecule has 1 N–H and O–H groups in total. The Kier molecular flexibility index (Phi) is 3.20. The van der Waals surface area contributed by atoms with Gasteiger partial charge in [-0.3, -0.25) is 0 Å². The molecule has 0 unspecified atom stereocenters. The van der Waals surface area contributed by atoms with E-state index in [1.807, 2.05) is 26.0 Å². The summed E-state index contributed by atoms with van der Waals surface area (Å²) in [6.07, 6.45) is 0. The monoisotopic (exact) mass is 297 g/mol. The fourth-order valence-electron chi connectivity index (χ4n) is 2.04. The van der Waals surface area contributed by atoms with Gasteiger partial charge < -0.3 is 9.63 Å². The summed E-state index contributed by atoms with van der Waals surface area (Å²) >= 11 is 1.31. The standard InChI is InChI=1S/C15H11N3O2S/c1-8-5-10(6-9(2)13(8)19)14-17-15(20-18-14)12-4-3-11(7-16)21-12/h3-6,19H,1-2H3. The SMILES string of the molecule is Cc1cc(-c2noc(-c3ccc(C#N)s3)n2)cc(C)c1O. The Morgan fingerprint density at radius 2 is 1.95 bits per heavy atom. The van der Waals surface area contributed by atoms with Crippen LogP contribution in [0, 0.1) is 25.2 Å². The Hall–Kier alpha value is -2.65. The van der Waals surface area contributed by atoms with Gasteiger partial charge in [0, 0.05) is 5.56 Å². The third kappa shape index (κ3) is 2.39. The van der Waals surface area contributed by atoms with Crippen LogP contribution in [0.5, 0.6) is 5.75 Å². The van der Waals surface area contributed by atoms with Crippen LogP contribution < -0.4 is 0 Å². The van der Waals surface area contributed by atoms with E-state index in [2.05, 4.69) is 16.2 Å². The number of aromatic nitrogens is 2. The third-order valence-electron chi connectivity index (χ3n) is 3.10. The summed E-state index contributed by atoms with van der Waals surface area (Å²) < 4.78 is 5.25. The molecule has 0 saturated heterocycles. The van der Waals surface area contributed by atoms with Crippen LogP contribution >= 0.6 is 11.3 Å². The van der Waals surface area contributed by atoms with Gasteiger partial charge in [-0.15, -0.1) is 11.3 Å². The summed E-state index contributed by atoms with van der Waals surface area (Å²) in [5, 5.41) is 22.6. The van der Waals surface area contributed by atoms with Gasteiger partial charge in [-0.25, -0.2) is 0 Å². The van der Waals surface area contributed by atoms with Crippen LogP contribution in [0.2, 0.25) is 0 Å². The predicted molar refractivity (Wildman–Crippen MR) is 78.9 cm³/mol. The summed E-state index contributed by atoms with van der Waals surface area (Å²) in [7, 11) is 0. The molecule has 0 radical (unpaired) electrons. The molecule has 0 fully saturated rings. The maximum atomic E-state index is 9.80. The number of benzene rings is 1. The van der Waals surface area contributed by atoms with E-state index in [9.17, 15) is 5.11 Å². The molecule has 0 aliphatic heterocycles. The minimum Gasteiger partial charge on any atom is -0.507 e. The van der Waals surface area contributed by atoms with Crippen molar-refractivity contribution in [3.63, 3.8) is 0 Å². The van der Waals surface area contributed by atoms with E-state index >= 15 is 0 Å². The average Bonchev–Trinajstić information content (AvgIpc) is 3.12. The number of phenols is 1. The van der Waals surface area contributed by atoms with Gasteiger partial charge in [-0.2, -0.15) is 10.2 Å². The topological polar surface area (TPSA) is 82.9 Å². The van der Waals surface area contributed by atoms with Crippen LogP contribution in [0.1, 0.15) is 16.0 Å². The van der Waals surface area contributed by atoms with Gasteiger partial charge in [0.05, 0.1) is 4.88 Å². The van der Waals surface area contributed by atoms with Crippen molar-refractivity contribution in [1.82, 2.24) is 10.1 Å². The Bertz CT molecular complexity index is 835. The first-order valence-electron chi connectivity index (χ1n) is 6.23. The van der Waals surface area contributed by atoms with Crippen LogP contribution in [0.3, 0.4) is 0 Å². The highest BCUT2D eigenvalue weighted by molar-refractivity contribution is 7.15. The molecule has 2 heterocycles. The molecule has 1 aromatic carbocycles. The number of rotatable bonds is 2. The molecule has 5 nitrogen and oxygen atoms in total. The van der Waals surface area contributed by atoms with Crippen molar-refractivity contribution in [2.75, 3.05) is 0 Å². The van der Waals surface area contributed by atoms with Crippen molar-refractivity contribution < 1.29 is 9.63 Å². The van der Waals surface area contributed by atoms with E-state index in [1.165, 1.54) is 11.3 Å². The molecular weight excluding hydrogens is 286 g/mol. The summed E-state index contributed by atoms with van der Waals surface area (Å²) in [6.45, 7) is 3.65. The zero-order valence-corrected chi connectivity index (χ0v) is 12.2. The number of nitrogens with zero attached hydrogens (tertiary/aromatic N) is 3. The number of aromatic hydroxyl groups is 1. The largest absolute Gasteiger partial charge is 0.507 e. The van der Waals surface area contributed by atoms with Crippen LogP contribution in [-0.4, -0.2) is 15.2 Å². The normalized spacial score (nSPS) is 10.5. The molecule has 0 atom stereocenters.